The van der Waals surface area contributed by atoms with E-state index in [2.05, 4.69) is 47.1 Å². The first-order chi connectivity index (χ1) is 13.2. The van der Waals surface area contributed by atoms with Gasteiger partial charge in [0.15, 0.2) is 0 Å². The molecule has 1 atom stereocenters. The smallest absolute Gasteiger partial charge is 0.231 e. The van der Waals surface area contributed by atoms with Gasteiger partial charge < -0.3 is 0 Å². The SMILES string of the molecule is CC(CN(C(=O)C1CC1)c1ccccn1)N1CCC(c2ccccc2)CC1. The molecule has 0 radical (unpaired) electrons. The summed E-state index contributed by atoms with van der Waals surface area (Å²) in [5.41, 5.74) is 1.46. The highest BCUT2D eigenvalue weighted by Crippen LogP contribution is 2.33. The summed E-state index contributed by atoms with van der Waals surface area (Å²) in [5, 5.41) is 0. The van der Waals surface area contributed by atoms with Crippen LogP contribution in [0.1, 0.15) is 44.1 Å². The average molecular weight is 364 g/mol. The Morgan fingerprint density at radius 1 is 1.07 bits per heavy atom. The number of carbonyl (C=O) groups is 1. The number of likely N-dealkylation sites (tertiary alicyclic amines) is 1. The molecular formula is C23H29N3O. The zero-order chi connectivity index (χ0) is 18.6. The number of hydrogen-bond acceptors (Lipinski definition) is 3. The molecule has 2 aromatic rings. The van der Waals surface area contributed by atoms with E-state index in [4.69, 9.17) is 0 Å². The molecule has 142 valence electrons. The van der Waals surface area contributed by atoms with Gasteiger partial charge in [-0.2, -0.15) is 0 Å². The lowest BCUT2D eigenvalue weighted by Crippen LogP contribution is -2.48. The van der Waals surface area contributed by atoms with Gasteiger partial charge in [0.05, 0.1) is 0 Å². The molecule has 1 aliphatic heterocycles. The Labute approximate surface area is 162 Å². The van der Waals surface area contributed by atoms with E-state index in [9.17, 15) is 4.79 Å². The Kier molecular flexibility index (Phi) is 5.53. The highest BCUT2D eigenvalue weighted by molar-refractivity contribution is 5.95. The van der Waals surface area contributed by atoms with Crippen molar-refractivity contribution in [2.24, 2.45) is 5.92 Å². The Morgan fingerprint density at radius 2 is 1.78 bits per heavy atom. The van der Waals surface area contributed by atoms with Gasteiger partial charge in [0.1, 0.15) is 5.82 Å². The molecule has 2 heterocycles. The lowest BCUT2D eigenvalue weighted by atomic mass is 9.89. The van der Waals surface area contributed by atoms with Crippen molar-refractivity contribution in [3.05, 3.63) is 60.3 Å². The summed E-state index contributed by atoms with van der Waals surface area (Å²) in [4.78, 5) is 21.7. The van der Waals surface area contributed by atoms with E-state index in [0.29, 0.717) is 12.0 Å². The van der Waals surface area contributed by atoms with E-state index in [1.165, 1.54) is 18.4 Å². The third kappa shape index (κ3) is 4.38. The second kappa shape index (κ2) is 8.22. The molecule has 1 aromatic heterocycles. The summed E-state index contributed by atoms with van der Waals surface area (Å²) in [5.74, 6) is 1.91. The predicted octanol–water partition coefficient (Wildman–Crippen LogP) is 4.09. The molecular weight excluding hydrogens is 334 g/mol. The number of carbonyl (C=O) groups excluding carboxylic acids is 1. The molecule has 1 amide bonds. The molecule has 1 saturated carbocycles. The Morgan fingerprint density at radius 3 is 2.41 bits per heavy atom. The van der Waals surface area contributed by atoms with Crippen LogP contribution in [0.3, 0.4) is 0 Å². The van der Waals surface area contributed by atoms with Crippen LogP contribution in [0.5, 0.6) is 0 Å². The first-order valence-electron chi connectivity index (χ1n) is 10.2. The summed E-state index contributed by atoms with van der Waals surface area (Å²) in [6.07, 6.45) is 6.21. The topological polar surface area (TPSA) is 36.4 Å². The molecule has 4 heteroatoms. The number of piperidine rings is 1. The Bertz CT molecular complexity index is 737. The molecule has 4 rings (SSSR count). The van der Waals surface area contributed by atoms with Crippen molar-refractivity contribution in [2.75, 3.05) is 24.5 Å². The fourth-order valence-corrected chi connectivity index (χ4v) is 4.14. The number of anilines is 1. The van der Waals surface area contributed by atoms with E-state index in [-0.39, 0.29) is 11.8 Å². The number of rotatable bonds is 6. The summed E-state index contributed by atoms with van der Waals surface area (Å²) in [7, 11) is 0. The number of amides is 1. The minimum Gasteiger partial charge on any atom is -0.299 e. The molecule has 1 saturated heterocycles. The van der Waals surface area contributed by atoms with E-state index < -0.39 is 0 Å². The number of hydrogen-bond donors (Lipinski definition) is 0. The van der Waals surface area contributed by atoms with Gasteiger partial charge in [-0.15, -0.1) is 0 Å². The Balaban J connectivity index is 1.38. The third-order valence-corrected chi connectivity index (χ3v) is 5.99. The summed E-state index contributed by atoms with van der Waals surface area (Å²) in [6.45, 7) is 5.16. The second-order valence-corrected chi connectivity index (χ2v) is 7.98. The van der Waals surface area contributed by atoms with Gasteiger partial charge in [0, 0.05) is 24.7 Å². The number of benzene rings is 1. The maximum atomic E-state index is 12.8. The summed E-state index contributed by atoms with van der Waals surface area (Å²) < 4.78 is 0. The van der Waals surface area contributed by atoms with E-state index in [1.807, 2.05) is 23.1 Å². The fraction of sp³-hybridized carbons (Fsp3) is 0.478. The lowest BCUT2D eigenvalue weighted by Gasteiger charge is -2.38. The largest absolute Gasteiger partial charge is 0.299 e. The van der Waals surface area contributed by atoms with Crippen LogP contribution < -0.4 is 4.90 Å². The zero-order valence-corrected chi connectivity index (χ0v) is 16.1. The van der Waals surface area contributed by atoms with Crippen LogP contribution >= 0.6 is 0 Å². The molecule has 0 N–H and O–H groups in total. The van der Waals surface area contributed by atoms with Crippen molar-refractivity contribution in [3.63, 3.8) is 0 Å². The van der Waals surface area contributed by atoms with Crippen molar-refractivity contribution in [3.8, 4) is 0 Å². The highest BCUT2D eigenvalue weighted by Gasteiger charge is 2.36. The van der Waals surface area contributed by atoms with Crippen molar-refractivity contribution in [1.29, 1.82) is 0 Å². The van der Waals surface area contributed by atoms with E-state index in [0.717, 1.165) is 38.3 Å². The van der Waals surface area contributed by atoms with Gasteiger partial charge in [0.2, 0.25) is 5.91 Å². The van der Waals surface area contributed by atoms with Crippen LogP contribution in [0, 0.1) is 5.92 Å². The minimum atomic E-state index is 0.211. The molecule has 4 nitrogen and oxygen atoms in total. The Hall–Kier alpha value is -2.20. The molecule has 2 aliphatic rings. The van der Waals surface area contributed by atoms with Crippen molar-refractivity contribution in [2.45, 2.75) is 44.6 Å². The van der Waals surface area contributed by atoms with Gasteiger partial charge in [-0.3, -0.25) is 14.6 Å². The average Bonchev–Trinajstić information content (AvgIpc) is 3.58. The van der Waals surface area contributed by atoms with Crippen LogP contribution in [-0.2, 0) is 4.79 Å². The maximum Gasteiger partial charge on any atom is 0.231 e. The molecule has 2 fully saturated rings. The van der Waals surface area contributed by atoms with Crippen LogP contribution in [0.4, 0.5) is 5.82 Å². The number of aromatic nitrogens is 1. The first-order valence-corrected chi connectivity index (χ1v) is 10.2. The predicted molar refractivity (Wildman–Crippen MR) is 109 cm³/mol. The minimum absolute atomic E-state index is 0.211. The summed E-state index contributed by atoms with van der Waals surface area (Å²) >= 11 is 0. The molecule has 1 aliphatic carbocycles. The standard InChI is InChI=1S/C23H29N3O/c1-18(25-15-12-20(13-16-25)19-7-3-2-4-8-19)17-26(23(27)21-10-11-21)22-9-5-6-14-24-22/h2-9,14,18,20-21H,10-13,15-17H2,1H3. The van der Waals surface area contributed by atoms with Gasteiger partial charge in [0.25, 0.3) is 0 Å². The molecule has 1 aromatic carbocycles. The van der Waals surface area contributed by atoms with Crippen LogP contribution in [0.2, 0.25) is 0 Å². The molecule has 27 heavy (non-hydrogen) atoms. The quantitative estimate of drug-likeness (QED) is 0.775. The first kappa shape index (κ1) is 18.2. The summed E-state index contributed by atoms with van der Waals surface area (Å²) in [6, 6.07) is 17.0. The fourth-order valence-electron chi connectivity index (χ4n) is 4.14. The van der Waals surface area contributed by atoms with Crippen molar-refractivity contribution >= 4 is 11.7 Å². The van der Waals surface area contributed by atoms with Crippen molar-refractivity contribution in [1.82, 2.24) is 9.88 Å². The number of pyridine rings is 1. The maximum absolute atomic E-state index is 12.8. The van der Waals surface area contributed by atoms with Crippen LogP contribution in [-0.4, -0.2) is 41.5 Å². The molecule has 0 spiro atoms. The van der Waals surface area contributed by atoms with Gasteiger partial charge in [-0.1, -0.05) is 36.4 Å². The molecule has 0 bridgehead atoms. The molecule has 1 unspecified atom stereocenters. The normalized spacial score (nSPS) is 19.6. The van der Waals surface area contributed by atoms with Crippen molar-refractivity contribution < 1.29 is 4.79 Å². The second-order valence-electron chi connectivity index (χ2n) is 7.98. The van der Waals surface area contributed by atoms with Gasteiger partial charge >= 0.3 is 0 Å². The van der Waals surface area contributed by atoms with E-state index >= 15 is 0 Å². The van der Waals surface area contributed by atoms with Gasteiger partial charge in [-0.05, 0) is 69.3 Å². The zero-order valence-electron chi connectivity index (χ0n) is 16.1. The van der Waals surface area contributed by atoms with E-state index in [1.54, 1.807) is 6.20 Å². The van der Waals surface area contributed by atoms with Crippen LogP contribution in [0.25, 0.3) is 0 Å². The van der Waals surface area contributed by atoms with Crippen LogP contribution in [0.15, 0.2) is 54.7 Å². The van der Waals surface area contributed by atoms with Gasteiger partial charge in [-0.25, -0.2) is 4.98 Å². The monoisotopic (exact) mass is 363 g/mol. The highest BCUT2D eigenvalue weighted by atomic mass is 16.2. The number of nitrogens with zero attached hydrogens (tertiary/aromatic N) is 3. The third-order valence-electron chi connectivity index (χ3n) is 5.99. The lowest BCUT2D eigenvalue weighted by molar-refractivity contribution is -0.120.